The number of nitrogens with zero attached hydrogens (tertiary/aromatic N) is 4. The van der Waals surface area contributed by atoms with Crippen LogP contribution in [0.5, 0.6) is 0 Å². The smallest absolute Gasteiger partial charge is 0.413 e. The fraction of sp³-hybridized carbons (Fsp3) is 0.793. The number of hydrogen-bond donors (Lipinski definition) is 3. The molecule has 0 unspecified atom stereocenters. The third-order valence-electron chi connectivity index (χ3n) is 6.50. The molecule has 266 valence electrons. The summed E-state index contributed by atoms with van der Waals surface area (Å²) in [7, 11) is 0. The molecule has 0 aromatic rings. The van der Waals surface area contributed by atoms with Crippen molar-refractivity contribution in [3.05, 3.63) is 22.3 Å². The zero-order chi connectivity index (χ0) is 35.0. The highest BCUT2D eigenvalue weighted by Gasteiger charge is 2.48. The van der Waals surface area contributed by atoms with Crippen LogP contribution in [0.4, 0.5) is 9.59 Å². The van der Waals surface area contributed by atoms with Crippen LogP contribution in [0.3, 0.4) is 0 Å². The average Bonchev–Trinajstić information content (AvgIpc) is 3.33. The van der Waals surface area contributed by atoms with Crippen LogP contribution in [0.25, 0.3) is 10.4 Å². The van der Waals surface area contributed by atoms with Crippen LogP contribution in [0.15, 0.2) is 21.9 Å². The van der Waals surface area contributed by atoms with Gasteiger partial charge in [0.2, 0.25) is 5.76 Å². The molecule has 0 bridgehead atoms. The first-order valence-corrected chi connectivity index (χ1v) is 15.3. The molecule has 0 aromatic heterocycles. The van der Waals surface area contributed by atoms with Crippen molar-refractivity contribution in [3.8, 4) is 0 Å². The maximum atomic E-state index is 12.9. The molecule has 0 aromatic carbocycles. The number of carboxylic acid groups (broad SMARTS) is 1. The van der Waals surface area contributed by atoms with E-state index in [9.17, 15) is 19.5 Å². The highest BCUT2D eigenvalue weighted by atomic mass is 16.8. The molecule has 2 heterocycles. The topological polar surface area (TPSA) is 230 Å². The van der Waals surface area contributed by atoms with E-state index < -0.39 is 65.6 Å². The van der Waals surface area contributed by atoms with Crippen molar-refractivity contribution in [1.29, 1.82) is 0 Å². The van der Waals surface area contributed by atoms with Crippen LogP contribution >= 0.6 is 0 Å². The van der Waals surface area contributed by atoms with E-state index in [1.807, 2.05) is 0 Å². The van der Waals surface area contributed by atoms with Crippen molar-refractivity contribution >= 4 is 24.0 Å². The number of aliphatic imine (C=N–C) groups is 1. The van der Waals surface area contributed by atoms with Crippen LogP contribution in [-0.4, -0.2) is 124 Å². The van der Waals surface area contributed by atoms with Gasteiger partial charge in [0, 0.05) is 23.9 Å². The average molecular weight is 673 g/mol. The zero-order valence-electron chi connectivity index (χ0n) is 28.1. The summed E-state index contributed by atoms with van der Waals surface area (Å²) >= 11 is 0. The summed E-state index contributed by atoms with van der Waals surface area (Å²) in [4.78, 5) is 44.3. The lowest BCUT2D eigenvalue weighted by Crippen LogP contribution is -2.52. The second-order valence-corrected chi connectivity index (χ2v) is 12.1. The van der Waals surface area contributed by atoms with E-state index in [2.05, 4.69) is 25.7 Å². The highest BCUT2D eigenvalue weighted by molar-refractivity contribution is 5.94. The Hall–Kier alpha value is -3.67. The Kier molecular flexibility index (Phi) is 16.2. The molecule has 18 heteroatoms. The molecular weight excluding hydrogens is 624 g/mol. The summed E-state index contributed by atoms with van der Waals surface area (Å²) in [5.41, 5.74) is 7.48. The number of amides is 2. The van der Waals surface area contributed by atoms with Crippen molar-refractivity contribution in [2.75, 3.05) is 59.3 Å². The van der Waals surface area contributed by atoms with Gasteiger partial charge in [0.25, 0.3) is 0 Å². The van der Waals surface area contributed by atoms with Gasteiger partial charge in [0.15, 0.2) is 11.9 Å². The van der Waals surface area contributed by atoms with Gasteiger partial charge in [-0.15, -0.1) is 0 Å². The molecule has 5 atom stereocenters. The number of aliphatic carboxylic acids is 1. The molecule has 1 saturated heterocycles. The monoisotopic (exact) mass is 672 g/mol. The van der Waals surface area contributed by atoms with Crippen molar-refractivity contribution in [2.45, 2.75) is 84.2 Å². The Morgan fingerprint density at radius 1 is 1.11 bits per heavy atom. The summed E-state index contributed by atoms with van der Waals surface area (Å²) in [5, 5.41) is 18.3. The fourth-order valence-corrected chi connectivity index (χ4v) is 4.46. The van der Waals surface area contributed by atoms with Gasteiger partial charge in [-0.3, -0.25) is 10.3 Å². The summed E-state index contributed by atoms with van der Waals surface area (Å²) in [5.74, 6) is -3.07. The summed E-state index contributed by atoms with van der Waals surface area (Å²) in [6.07, 6.45) is -3.09. The third kappa shape index (κ3) is 15.2. The van der Waals surface area contributed by atoms with Crippen molar-refractivity contribution in [2.24, 2.45) is 16.0 Å². The Morgan fingerprint density at radius 3 is 2.32 bits per heavy atom. The van der Waals surface area contributed by atoms with Crippen LogP contribution < -0.4 is 10.6 Å². The first-order chi connectivity index (χ1) is 22.1. The van der Waals surface area contributed by atoms with Gasteiger partial charge >= 0.3 is 18.2 Å². The predicted molar refractivity (Wildman–Crippen MR) is 166 cm³/mol. The number of ether oxygens (including phenoxy) is 8. The molecule has 0 radical (unpaired) electrons. The molecule has 0 spiro atoms. The molecule has 47 heavy (non-hydrogen) atoms. The molecule has 0 aliphatic carbocycles. The fourth-order valence-electron chi connectivity index (χ4n) is 4.46. The van der Waals surface area contributed by atoms with Gasteiger partial charge in [-0.05, 0) is 53.1 Å². The maximum absolute atomic E-state index is 12.9. The number of hydrogen-bond acceptors (Lipinski definition) is 13. The second kappa shape index (κ2) is 19.2. The van der Waals surface area contributed by atoms with Crippen molar-refractivity contribution in [1.82, 2.24) is 10.6 Å². The Balaban J connectivity index is 2.00. The molecule has 18 nitrogen and oxygen atoms in total. The van der Waals surface area contributed by atoms with Gasteiger partial charge in [0.1, 0.15) is 23.6 Å². The SMILES string of the molecule is CC(=N[C@H]1C=C(C(=O)O)O[C@@H]([C@H](OC(=O)NCCOCCOCCOCCN=[N+]=[N-])[C@H]2COC(C)(C)O2)[C@@H]1C)NC(=O)OC(C)(C)C. The molecular formula is C29H48N6O12. The normalized spacial score (nSPS) is 23.0. The Bertz CT molecular complexity index is 1150. The lowest BCUT2D eigenvalue weighted by molar-refractivity contribution is -0.170. The largest absolute Gasteiger partial charge is 0.479 e. The number of amidine groups is 1. The lowest BCUT2D eigenvalue weighted by atomic mass is 9.87. The van der Waals surface area contributed by atoms with E-state index in [4.69, 9.17) is 43.4 Å². The molecule has 2 aliphatic rings. The maximum Gasteiger partial charge on any atom is 0.413 e. The highest BCUT2D eigenvalue weighted by Crippen LogP contribution is 2.34. The summed E-state index contributed by atoms with van der Waals surface area (Å²) < 4.78 is 44.7. The van der Waals surface area contributed by atoms with Gasteiger partial charge in [-0.2, -0.15) is 0 Å². The van der Waals surface area contributed by atoms with Gasteiger partial charge in [-0.25, -0.2) is 14.4 Å². The number of azide groups is 1. The zero-order valence-corrected chi connectivity index (χ0v) is 28.1. The first-order valence-electron chi connectivity index (χ1n) is 15.3. The first kappa shape index (κ1) is 39.5. The van der Waals surface area contributed by atoms with E-state index in [-0.39, 0.29) is 38.7 Å². The molecule has 2 aliphatic heterocycles. The number of rotatable bonds is 17. The van der Waals surface area contributed by atoms with Crippen molar-refractivity contribution < 1.29 is 57.4 Å². The van der Waals surface area contributed by atoms with Gasteiger partial charge < -0.3 is 48.3 Å². The van der Waals surface area contributed by atoms with Crippen molar-refractivity contribution in [3.63, 3.8) is 0 Å². The molecule has 3 N–H and O–H groups in total. The molecule has 1 fully saturated rings. The Morgan fingerprint density at radius 2 is 1.74 bits per heavy atom. The number of carbonyl (C=O) groups excluding carboxylic acids is 2. The molecule has 2 amide bonds. The number of nitrogens with one attached hydrogen (secondary N) is 2. The standard InChI is InChI=1S/C29H48N6O12/c1-18-20(33-19(2)34-27(39)47-28(3,4)5)16-21(25(36)37)44-23(18)24(22-17-43-29(6,7)46-22)45-26(38)31-8-10-40-12-14-42-15-13-41-11-9-32-35-30/h16,18,20,22-24H,8-15,17H2,1-7H3,(H,31,38)(H,36,37)(H,33,34,39)/t18-,20+,22-,23-,24-/m1/s1. The van der Waals surface area contributed by atoms with E-state index in [0.717, 1.165) is 0 Å². The minimum Gasteiger partial charge on any atom is -0.479 e. The van der Waals surface area contributed by atoms with E-state index in [1.54, 1.807) is 48.5 Å². The number of carbonyl (C=O) groups is 3. The number of alkyl carbamates (subject to hydrolysis) is 2. The van der Waals surface area contributed by atoms with Crippen LogP contribution in [0, 0.1) is 5.92 Å². The molecule has 0 saturated carbocycles. The van der Waals surface area contributed by atoms with Crippen LogP contribution in [-0.2, 0) is 42.7 Å². The van der Waals surface area contributed by atoms with Gasteiger partial charge in [0.05, 0.1) is 52.3 Å². The van der Waals surface area contributed by atoms with Crippen LogP contribution in [0.1, 0.15) is 48.5 Å². The van der Waals surface area contributed by atoms with E-state index in [0.29, 0.717) is 26.4 Å². The van der Waals surface area contributed by atoms with E-state index in [1.165, 1.54) is 6.08 Å². The van der Waals surface area contributed by atoms with E-state index >= 15 is 0 Å². The third-order valence-corrected chi connectivity index (χ3v) is 6.50. The summed E-state index contributed by atoms with van der Waals surface area (Å²) in [6, 6.07) is -0.779. The second-order valence-electron chi connectivity index (χ2n) is 12.1. The van der Waals surface area contributed by atoms with Gasteiger partial charge in [-0.1, -0.05) is 12.0 Å². The predicted octanol–water partition coefficient (Wildman–Crippen LogP) is 2.91. The minimum atomic E-state index is -1.34. The van der Waals surface area contributed by atoms with Crippen LogP contribution in [0.2, 0.25) is 0 Å². The number of carboxylic acids is 1. The minimum absolute atomic E-state index is 0.0543. The molecule has 2 rings (SSSR count). The lowest BCUT2D eigenvalue weighted by Gasteiger charge is -2.38. The quantitative estimate of drug-likeness (QED) is 0.0506. The summed E-state index contributed by atoms with van der Waals surface area (Å²) in [6.45, 7) is 14.1. The Labute approximate surface area is 274 Å².